The Hall–Kier alpha value is -3.05. The lowest BCUT2D eigenvalue weighted by atomic mass is 10.2. The molecule has 5 heteroatoms. The molecule has 0 unspecified atom stereocenters. The Morgan fingerprint density at radius 1 is 0.897 bits per heavy atom. The van der Waals surface area contributed by atoms with E-state index in [1.165, 1.54) is 11.8 Å². The maximum absolute atomic E-state index is 13.3. The van der Waals surface area contributed by atoms with Gasteiger partial charge in [-0.25, -0.2) is 4.98 Å². The topological polar surface area (TPSA) is 44.1 Å². The molecule has 0 saturated heterocycles. The molecule has 3 aromatic carbocycles. The molecule has 29 heavy (non-hydrogen) atoms. The molecule has 0 aliphatic carbocycles. The van der Waals surface area contributed by atoms with Crippen molar-refractivity contribution in [3.8, 4) is 11.4 Å². The minimum absolute atomic E-state index is 0.0489. The summed E-state index contributed by atoms with van der Waals surface area (Å²) in [5.74, 6) is 1.57. The van der Waals surface area contributed by atoms with Crippen LogP contribution in [-0.2, 0) is 0 Å². The van der Waals surface area contributed by atoms with Gasteiger partial charge in [0.25, 0.3) is 5.56 Å². The summed E-state index contributed by atoms with van der Waals surface area (Å²) >= 11 is 1.53. The molecule has 0 aliphatic heterocycles. The molecule has 0 radical (unpaired) electrons. The number of rotatable bonds is 6. The van der Waals surface area contributed by atoms with Crippen molar-refractivity contribution in [2.45, 2.75) is 19.0 Å². The number of aryl methyl sites for hydroxylation is 2. The van der Waals surface area contributed by atoms with E-state index in [2.05, 4.69) is 0 Å². The van der Waals surface area contributed by atoms with Crippen LogP contribution in [0.15, 0.2) is 82.7 Å². The van der Waals surface area contributed by atoms with Gasteiger partial charge in [-0.1, -0.05) is 60.3 Å². The summed E-state index contributed by atoms with van der Waals surface area (Å²) in [5.41, 5.74) is 3.66. The maximum atomic E-state index is 13.3. The van der Waals surface area contributed by atoms with Crippen molar-refractivity contribution in [3.63, 3.8) is 0 Å². The molecule has 0 bridgehead atoms. The van der Waals surface area contributed by atoms with Gasteiger partial charge in [0, 0.05) is 5.75 Å². The Morgan fingerprint density at radius 2 is 1.59 bits per heavy atom. The van der Waals surface area contributed by atoms with Crippen LogP contribution in [0.25, 0.3) is 16.6 Å². The zero-order chi connectivity index (χ0) is 20.2. The minimum Gasteiger partial charge on any atom is -0.492 e. The van der Waals surface area contributed by atoms with Gasteiger partial charge in [-0.2, -0.15) is 0 Å². The van der Waals surface area contributed by atoms with Crippen molar-refractivity contribution in [2.75, 3.05) is 12.4 Å². The van der Waals surface area contributed by atoms with Crippen molar-refractivity contribution >= 4 is 22.7 Å². The van der Waals surface area contributed by atoms with Crippen LogP contribution in [0.3, 0.4) is 0 Å². The number of ether oxygens (including phenoxy) is 1. The van der Waals surface area contributed by atoms with E-state index in [-0.39, 0.29) is 5.56 Å². The first kappa shape index (κ1) is 19.3. The number of hydrogen-bond acceptors (Lipinski definition) is 4. The highest BCUT2D eigenvalue weighted by molar-refractivity contribution is 7.99. The van der Waals surface area contributed by atoms with E-state index in [4.69, 9.17) is 9.72 Å². The van der Waals surface area contributed by atoms with Crippen LogP contribution < -0.4 is 10.3 Å². The van der Waals surface area contributed by atoms with E-state index in [0.29, 0.717) is 28.4 Å². The predicted octanol–water partition coefficient (Wildman–Crippen LogP) is 5.17. The molecule has 0 N–H and O–H groups in total. The molecule has 0 aliphatic rings. The Balaban J connectivity index is 1.66. The number of benzene rings is 3. The van der Waals surface area contributed by atoms with Gasteiger partial charge in [0.1, 0.15) is 5.75 Å². The third-order valence-electron chi connectivity index (χ3n) is 4.77. The fraction of sp³-hybridized carbons (Fsp3) is 0.167. The second-order valence-corrected chi connectivity index (χ2v) is 7.86. The average molecular weight is 403 g/mol. The van der Waals surface area contributed by atoms with Gasteiger partial charge >= 0.3 is 0 Å². The molecular formula is C24H22N2O2S. The minimum atomic E-state index is -0.0489. The van der Waals surface area contributed by atoms with Crippen LogP contribution >= 0.6 is 11.8 Å². The van der Waals surface area contributed by atoms with Gasteiger partial charge in [0.05, 0.1) is 23.2 Å². The first-order chi connectivity index (χ1) is 14.1. The molecule has 4 aromatic rings. The third-order valence-corrected chi connectivity index (χ3v) is 5.67. The van der Waals surface area contributed by atoms with E-state index in [1.54, 1.807) is 4.57 Å². The summed E-state index contributed by atoms with van der Waals surface area (Å²) in [4.78, 5) is 18.1. The standard InChI is InChI=1S/C24H22N2O2S/c1-17-9-3-7-13-21(17)26-23(27)19-11-5-6-12-20(19)25-24(26)29-16-15-28-22-14-8-4-10-18(22)2/h3-14H,15-16H2,1-2H3. The second-order valence-electron chi connectivity index (χ2n) is 6.80. The molecule has 4 rings (SSSR count). The van der Waals surface area contributed by atoms with Gasteiger partial charge in [-0.3, -0.25) is 9.36 Å². The highest BCUT2D eigenvalue weighted by Gasteiger charge is 2.14. The van der Waals surface area contributed by atoms with Gasteiger partial charge in [0.2, 0.25) is 0 Å². The smallest absolute Gasteiger partial charge is 0.266 e. The molecule has 0 atom stereocenters. The maximum Gasteiger partial charge on any atom is 0.266 e. The van der Waals surface area contributed by atoms with Crippen LogP contribution in [0.1, 0.15) is 11.1 Å². The van der Waals surface area contributed by atoms with Crippen molar-refractivity contribution < 1.29 is 4.74 Å². The number of aromatic nitrogens is 2. The van der Waals surface area contributed by atoms with Crippen LogP contribution in [-0.4, -0.2) is 21.9 Å². The molecule has 4 nitrogen and oxygen atoms in total. The lowest BCUT2D eigenvalue weighted by molar-refractivity contribution is 0.341. The van der Waals surface area contributed by atoms with Crippen molar-refractivity contribution in [1.29, 1.82) is 0 Å². The Labute approximate surface area is 174 Å². The summed E-state index contributed by atoms with van der Waals surface area (Å²) < 4.78 is 7.63. The number of fused-ring (bicyclic) bond motifs is 1. The molecule has 0 spiro atoms. The van der Waals surface area contributed by atoms with E-state index in [1.807, 2.05) is 86.6 Å². The molecule has 146 valence electrons. The zero-order valence-electron chi connectivity index (χ0n) is 16.5. The van der Waals surface area contributed by atoms with E-state index < -0.39 is 0 Å². The summed E-state index contributed by atoms with van der Waals surface area (Å²) in [7, 11) is 0. The van der Waals surface area contributed by atoms with Crippen LogP contribution in [0.5, 0.6) is 5.75 Å². The van der Waals surface area contributed by atoms with Crippen LogP contribution in [0.2, 0.25) is 0 Å². The Kier molecular flexibility index (Phi) is 5.67. The number of thioether (sulfide) groups is 1. The quantitative estimate of drug-likeness (QED) is 0.253. The number of para-hydroxylation sites is 3. The number of nitrogens with zero attached hydrogens (tertiary/aromatic N) is 2. The molecule has 0 saturated carbocycles. The highest BCUT2D eigenvalue weighted by Crippen LogP contribution is 2.23. The molecule has 1 heterocycles. The zero-order valence-corrected chi connectivity index (χ0v) is 17.3. The summed E-state index contributed by atoms with van der Waals surface area (Å²) in [6, 6.07) is 23.3. The normalized spacial score (nSPS) is 11.0. The lowest BCUT2D eigenvalue weighted by Gasteiger charge is -2.15. The fourth-order valence-electron chi connectivity index (χ4n) is 3.24. The third kappa shape index (κ3) is 4.05. The van der Waals surface area contributed by atoms with Crippen molar-refractivity contribution in [1.82, 2.24) is 9.55 Å². The SMILES string of the molecule is Cc1ccccc1OCCSc1nc2ccccc2c(=O)n1-c1ccccc1C. The highest BCUT2D eigenvalue weighted by atomic mass is 32.2. The second kappa shape index (κ2) is 8.53. The Bertz CT molecular complexity index is 1220. The molecule has 1 aromatic heterocycles. The van der Waals surface area contributed by atoms with Crippen molar-refractivity contribution in [3.05, 3.63) is 94.3 Å². The van der Waals surface area contributed by atoms with Crippen molar-refractivity contribution in [2.24, 2.45) is 0 Å². The molecule has 0 fully saturated rings. The number of hydrogen-bond donors (Lipinski definition) is 0. The van der Waals surface area contributed by atoms with E-state index in [0.717, 1.165) is 22.6 Å². The first-order valence-electron chi connectivity index (χ1n) is 9.54. The average Bonchev–Trinajstić information content (AvgIpc) is 2.73. The summed E-state index contributed by atoms with van der Waals surface area (Å²) in [6.45, 7) is 4.57. The summed E-state index contributed by atoms with van der Waals surface area (Å²) in [6.07, 6.45) is 0. The van der Waals surface area contributed by atoms with E-state index in [9.17, 15) is 4.79 Å². The Morgan fingerprint density at radius 3 is 2.38 bits per heavy atom. The predicted molar refractivity (Wildman–Crippen MR) is 119 cm³/mol. The lowest BCUT2D eigenvalue weighted by Crippen LogP contribution is -2.22. The monoisotopic (exact) mass is 402 g/mol. The van der Waals surface area contributed by atoms with E-state index >= 15 is 0 Å². The molecular weight excluding hydrogens is 380 g/mol. The first-order valence-corrected chi connectivity index (χ1v) is 10.5. The summed E-state index contributed by atoms with van der Waals surface area (Å²) in [5, 5.41) is 1.30. The molecule has 0 amide bonds. The van der Waals surface area contributed by atoms with Gasteiger partial charge < -0.3 is 4.74 Å². The van der Waals surface area contributed by atoms with Gasteiger partial charge in [-0.15, -0.1) is 0 Å². The van der Waals surface area contributed by atoms with Crippen LogP contribution in [0, 0.1) is 13.8 Å². The van der Waals surface area contributed by atoms with Gasteiger partial charge in [0.15, 0.2) is 5.16 Å². The van der Waals surface area contributed by atoms with Gasteiger partial charge in [-0.05, 0) is 49.2 Å². The van der Waals surface area contributed by atoms with Crippen LogP contribution in [0.4, 0.5) is 0 Å². The largest absolute Gasteiger partial charge is 0.492 e. The fourth-order valence-corrected chi connectivity index (χ4v) is 4.06.